The molecule has 0 aliphatic carbocycles. The number of aromatic nitrogens is 4. The van der Waals surface area contributed by atoms with Gasteiger partial charge in [-0.25, -0.2) is 5.10 Å². The number of benzene rings is 1. The predicted molar refractivity (Wildman–Crippen MR) is 101 cm³/mol. The molecule has 1 aromatic carbocycles. The van der Waals surface area contributed by atoms with Gasteiger partial charge in [-0.05, 0) is 40.2 Å². The summed E-state index contributed by atoms with van der Waals surface area (Å²) in [6, 6.07) is 6.51. The summed E-state index contributed by atoms with van der Waals surface area (Å²) in [6.45, 7) is -0.361. The van der Waals surface area contributed by atoms with Crippen molar-refractivity contribution in [1.29, 1.82) is 5.26 Å². The van der Waals surface area contributed by atoms with Gasteiger partial charge in [0.1, 0.15) is 5.75 Å². The monoisotopic (exact) mass is 501 g/mol. The van der Waals surface area contributed by atoms with Crippen molar-refractivity contribution in [1.82, 2.24) is 19.7 Å². The Morgan fingerprint density at radius 2 is 1.97 bits per heavy atom. The molecule has 0 radical (unpaired) electrons. The van der Waals surface area contributed by atoms with Crippen LogP contribution in [0, 0.1) is 11.3 Å². The van der Waals surface area contributed by atoms with E-state index in [9.17, 15) is 22.8 Å². The highest BCUT2D eigenvalue weighted by molar-refractivity contribution is 9.10. The van der Waals surface area contributed by atoms with Crippen LogP contribution in [0.5, 0.6) is 11.8 Å². The first-order valence-corrected chi connectivity index (χ1v) is 9.05. The second-order valence-corrected chi connectivity index (χ2v) is 7.06. The molecule has 0 saturated heterocycles. The molecular formula is C17H8BrClF3N5O3. The fourth-order valence-corrected chi connectivity index (χ4v) is 2.89. The molecule has 0 unspecified atom stereocenters. The Morgan fingerprint density at radius 1 is 1.23 bits per heavy atom. The van der Waals surface area contributed by atoms with Crippen molar-refractivity contribution in [3.63, 3.8) is 0 Å². The molecule has 3 aromatic rings. The Hall–Kier alpha value is -3.17. The van der Waals surface area contributed by atoms with Crippen molar-refractivity contribution in [3.05, 3.63) is 77.5 Å². The summed E-state index contributed by atoms with van der Waals surface area (Å²) in [7, 11) is 0. The van der Waals surface area contributed by atoms with E-state index in [0.717, 1.165) is 4.57 Å². The van der Waals surface area contributed by atoms with Gasteiger partial charge < -0.3 is 4.74 Å². The van der Waals surface area contributed by atoms with Gasteiger partial charge in [-0.1, -0.05) is 11.6 Å². The van der Waals surface area contributed by atoms with E-state index in [1.54, 1.807) is 0 Å². The van der Waals surface area contributed by atoms with Crippen molar-refractivity contribution < 1.29 is 17.9 Å². The molecule has 0 spiro atoms. The smallest absolute Gasteiger partial charge is 0.425 e. The van der Waals surface area contributed by atoms with Gasteiger partial charge in [0.15, 0.2) is 5.69 Å². The van der Waals surface area contributed by atoms with Crippen molar-refractivity contribution in [2.75, 3.05) is 0 Å². The van der Waals surface area contributed by atoms with Gasteiger partial charge in [0.05, 0.1) is 28.3 Å². The number of rotatable bonds is 4. The van der Waals surface area contributed by atoms with Gasteiger partial charge >= 0.3 is 12.2 Å². The number of hydrogen-bond donors (Lipinski definition) is 1. The maximum absolute atomic E-state index is 13.1. The Morgan fingerprint density at radius 3 is 2.60 bits per heavy atom. The van der Waals surface area contributed by atoms with Crippen LogP contribution in [0.25, 0.3) is 0 Å². The Balaban J connectivity index is 2.13. The summed E-state index contributed by atoms with van der Waals surface area (Å²) in [5.74, 6) is -0.102. The summed E-state index contributed by atoms with van der Waals surface area (Å²) in [4.78, 5) is 27.2. The van der Waals surface area contributed by atoms with Crippen LogP contribution in [0.4, 0.5) is 13.2 Å². The molecule has 2 heterocycles. The number of alkyl halides is 3. The number of nitrogens with one attached hydrogen (secondary N) is 1. The highest BCUT2D eigenvalue weighted by atomic mass is 79.9. The Kier molecular flexibility index (Phi) is 5.95. The number of hydrogen-bond acceptors (Lipinski definition) is 6. The van der Waals surface area contributed by atoms with Gasteiger partial charge in [-0.2, -0.15) is 28.5 Å². The second kappa shape index (κ2) is 8.29. The minimum atomic E-state index is -4.90. The standard InChI is InChI=1S/C17H8BrClF3N5O3/c18-12-4-10(25-26-15(12)29)7-27-14(28)5-13(17(20,21)22)24-16(27)30-11-2-8(6-23)1-9(19)3-11/h1-5H,7H2,(H,26,29). The van der Waals surface area contributed by atoms with Crippen molar-refractivity contribution in [2.24, 2.45) is 0 Å². The van der Waals surface area contributed by atoms with Gasteiger partial charge in [0.2, 0.25) is 0 Å². The molecule has 30 heavy (non-hydrogen) atoms. The quantitative estimate of drug-likeness (QED) is 0.584. The first kappa shape index (κ1) is 21.5. The molecule has 154 valence electrons. The summed E-state index contributed by atoms with van der Waals surface area (Å²) < 4.78 is 45.7. The summed E-state index contributed by atoms with van der Waals surface area (Å²) >= 11 is 8.88. The van der Waals surface area contributed by atoms with Crippen LogP contribution in [-0.2, 0) is 12.7 Å². The molecule has 3 rings (SSSR count). The lowest BCUT2D eigenvalue weighted by atomic mass is 10.2. The largest absolute Gasteiger partial charge is 0.433 e. The average Bonchev–Trinajstić information content (AvgIpc) is 2.65. The maximum atomic E-state index is 13.1. The van der Waals surface area contributed by atoms with E-state index in [4.69, 9.17) is 21.6 Å². The van der Waals surface area contributed by atoms with E-state index in [2.05, 4.69) is 31.1 Å². The zero-order valence-corrected chi connectivity index (χ0v) is 16.8. The fourth-order valence-electron chi connectivity index (χ4n) is 2.31. The predicted octanol–water partition coefficient (Wildman–Crippen LogP) is 3.47. The molecule has 0 saturated carbocycles. The topological polar surface area (TPSA) is 114 Å². The first-order valence-electron chi connectivity index (χ1n) is 7.88. The number of nitrogens with zero attached hydrogens (tertiary/aromatic N) is 4. The molecule has 0 bridgehead atoms. The van der Waals surface area contributed by atoms with Gasteiger partial charge in [0, 0.05) is 11.1 Å². The molecular weight excluding hydrogens is 495 g/mol. The van der Waals surface area contributed by atoms with E-state index in [0.29, 0.717) is 6.07 Å². The average molecular weight is 503 g/mol. The third-order valence-electron chi connectivity index (χ3n) is 3.60. The number of nitriles is 1. The molecule has 0 fully saturated rings. The molecule has 0 amide bonds. The molecule has 2 aromatic heterocycles. The molecule has 0 atom stereocenters. The summed E-state index contributed by atoms with van der Waals surface area (Å²) in [6.07, 6.45) is -4.90. The van der Waals surface area contributed by atoms with E-state index >= 15 is 0 Å². The highest BCUT2D eigenvalue weighted by Gasteiger charge is 2.34. The SMILES string of the molecule is N#Cc1cc(Cl)cc(Oc2nc(C(F)(F)F)cc(=O)n2Cc2cc(Br)c(=O)[nH]n2)c1. The normalized spacial score (nSPS) is 11.2. The number of halogens is 5. The minimum absolute atomic E-state index is 0.0876. The fraction of sp³-hybridized carbons (Fsp3) is 0.118. The molecule has 13 heteroatoms. The first-order chi connectivity index (χ1) is 14.1. The van der Waals surface area contributed by atoms with Gasteiger partial charge in [0.25, 0.3) is 11.1 Å². The molecule has 1 N–H and O–H groups in total. The third-order valence-corrected chi connectivity index (χ3v) is 4.41. The van der Waals surface area contributed by atoms with Gasteiger partial charge in [-0.3, -0.25) is 14.2 Å². The minimum Gasteiger partial charge on any atom is -0.425 e. The van der Waals surface area contributed by atoms with Crippen LogP contribution in [0.1, 0.15) is 17.0 Å². The molecule has 8 nitrogen and oxygen atoms in total. The lowest BCUT2D eigenvalue weighted by molar-refractivity contribution is -0.141. The number of H-pyrrole nitrogens is 1. The van der Waals surface area contributed by atoms with Crippen LogP contribution in [0.3, 0.4) is 0 Å². The number of ether oxygens (including phenoxy) is 1. The zero-order valence-electron chi connectivity index (χ0n) is 14.5. The summed E-state index contributed by atoms with van der Waals surface area (Å²) in [5, 5.41) is 15.0. The zero-order chi connectivity index (χ0) is 22.1. The third kappa shape index (κ3) is 4.87. The lowest BCUT2D eigenvalue weighted by Crippen LogP contribution is -2.27. The van der Waals surface area contributed by atoms with Crippen molar-refractivity contribution in [3.8, 4) is 17.8 Å². The van der Waals surface area contributed by atoms with Crippen LogP contribution in [0.2, 0.25) is 5.02 Å². The second-order valence-electron chi connectivity index (χ2n) is 5.77. The molecule has 0 aliphatic heterocycles. The molecule has 0 aliphatic rings. The van der Waals surface area contributed by atoms with Crippen LogP contribution in [0.15, 0.2) is 44.4 Å². The Bertz CT molecular complexity index is 1280. The van der Waals surface area contributed by atoms with Crippen LogP contribution >= 0.6 is 27.5 Å². The number of aromatic amines is 1. The Labute approximate surface area is 178 Å². The highest BCUT2D eigenvalue weighted by Crippen LogP contribution is 2.30. The van der Waals surface area contributed by atoms with Crippen molar-refractivity contribution in [2.45, 2.75) is 12.7 Å². The lowest BCUT2D eigenvalue weighted by Gasteiger charge is -2.15. The van der Waals surface area contributed by atoms with E-state index < -0.39 is 29.0 Å². The van der Waals surface area contributed by atoms with Crippen LogP contribution in [-0.4, -0.2) is 19.7 Å². The van der Waals surface area contributed by atoms with Gasteiger partial charge in [-0.15, -0.1) is 0 Å². The maximum Gasteiger partial charge on any atom is 0.433 e. The van der Waals surface area contributed by atoms with E-state index in [-0.39, 0.29) is 33.0 Å². The summed E-state index contributed by atoms with van der Waals surface area (Å²) in [5.41, 5.74) is -2.84. The van der Waals surface area contributed by atoms with E-state index in [1.807, 2.05) is 6.07 Å². The van der Waals surface area contributed by atoms with Crippen molar-refractivity contribution >= 4 is 27.5 Å². The van der Waals surface area contributed by atoms with Crippen LogP contribution < -0.4 is 15.9 Å². The van der Waals surface area contributed by atoms with E-state index in [1.165, 1.54) is 24.3 Å².